The van der Waals surface area contributed by atoms with E-state index < -0.39 is 0 Å². The predicted octanol–water partition coefficient (Wildman–Crippen LogP) is 1.38. The van der Waals surface area contributed by atoms with Crippen molar-refractivity contribution in [2.45, 2.75) is 57.2 Å². The summed E-state index contributed by atoms with van der Waals surface area (Å²) in [6.45, 7) is 5.24. The standard InChI is InChI=1S/C10H19NO/c1-3-10(12)6-8(2)11(7-10)9-4-5-9/h8-9,12H,3-7H2,1-2H3. The summed E-state index contributed by atoms with van der Waals surface area (Å²) in [6, 6.07) is 1.41. The second-order valence-corrected chi connectivity index (χ2v) is 4.53. The van der Waals surface area contributed by atoms with Crippen molar-refractivity contribution in [3.8, 4) is 0 Å². The molecule has 1 N–H and O–H groups in total. The van der Waals surface area contributed by atoms with E-state index in [2.05, 4.69) is 18.7 Å². The first-order chi connectivity index (χ1) is 5.64. The van der Waals surface area contributed by atoms with Gasteiger partial charge in [0.25, 0.3) is 0 Å². The van der Waals surface area contributed by atoms with E-state index >= 15 is 0 Å². The number of hydrogen-bond donors (Lipinski definition) is 1. The molecular formula is C10H19NO. The highest BCUT2D eigenvalue weighted by atomic mass is 16.3. The van der Waals surface area contributed by atoms with Gasteiger partial charge < -0.3 is 5.11 Å². The Kier molecular flexibility index (Phi) is 1.92. The van der Waals surface area contributed by atoms with E-state index in [4.69, 9.17) is 0 Å². The van der Waals surface area contributed by atoms with Gasteiger partial charge in [0, 0.05) is 18.6 Å². The van der Waals surface area contributed by atoms with Crippen LogP contribution in [0, 0.1) is 0 Å². The third-order valence-electron chi connectivity index (χ3n) is 3.39. The molecule has 2 unspecified atom stereocenters. The van der Waals surface area contributed by atoms with Crippen LogP contribution >= 0.6 is 0 Å². The Balaban J connectivity index is 2.00. The van der Waals surface area contributed by atoms with E-state index in [-0.39, 0.29) is 5.60 Å². The number of hydrogen-bond acceptors (Lipinski definition) is 2. The summed E-state index contributed by atoms with van der Waals surface area (Å²) >= 11 is 0. The number of β-amino-alcohol motifs (C(OH)–C–C–N with tert-alkyl or cyclic N) is 1. The summed E-state index contributed by atoms with van der Waals surface area (Å²) < 4.78 is 0. The summed E-state index contributed by atoms with van der Waals surface area (Å²) in [7, 11) is 0. The summed E-state index contributed by atoms with van der Waals surface area (Å²) in [5.74, 6) is 0. The lowest BCUT2D eigenvalue weighted by atomic mass is 9.98. The molecule has 0 aromatic heterocycles. The molecule has 0 amide bonds. The van der Waals surface area contributed by atoms with E-state index in [0.29, 0.717) is 6.04 Å². The highest BCUT2D eigenvalue weighted by molar-refractivity contribution is 4.99. The van der Waals surface area contributed by atoms with Gasteiger partial charge in [0.05, 0.1) is 5.60 Å². The first kappa shape index (κ1) is 8.52. The van der Waals surface area contributed by atoms with Crippen LogP contribution in [0.5, 0.6) is 0 Å². The Labute approximate surface area is 74.6 Å². The van der Waals surface area contributed by atoms with Gasteiger partial charge in [-0.25, -0.2) is 0 Å². The van der Waals surface area contributed by atoms with Gasteiger partial charge in [-0.15, -0.1) is 0 Å². The van der Waals surface area contributed by atoms with Crippen LogP contribution < -0.4 is 0 Å². The molecule has 0 aromatic carbocycles. The third kappa shape index (κ3) is 1.38. The molecule has 12 heavy (non-hydrogen) atoms. The van der Waals surface area contributed by atoms with Gasteiger partial charge in [-0.05, 0) is 32.6 Å². The van der Waals surface area contributed by atoms with E-state index in [0.717, 1.165) is 25.4 Å². The molecule has 2 fully saturated rings. The lowest BCUT2D eigenvalue weighted by Crippen LogP contribution is -2.34. The Morgan fingerprint density at radius 3 is 2.58 bits per heavy atom. The average molecular weight is 169 g/mol. The topological polar surface area (TPSA) is 23.5 Å². The molecule has 0 spiro atoms. The van der Waals surface area contributed by atoms with Gasteiger partial charge in [0.2, 0.25) is 0 Å². The van der Waals surface area contributed by atoms with Gasteiger partial charge in [-0.3, -0.25) is 4.90 Å². The zero-order valence-corrected chi connectivity index (χ0v) is 8.08. The highest BCUT2D eigenvalue weighted by Crippen LogP contribution is 2.38. The Bertz CT molecular complexity index is 179. The van der Waals surface area contributed by atoms with E-state index in [1.807, 2.05) is 0 Å². The molecule has 2 nitrogen and oxygen atoms in total. The van der Waals surface area contributed by atoms with Crippen molar-refractivity contribution in [2.75, 3.05) is 6.54 Å². The van der Waals surface area contributed by atoms with Crippen molar-refractivity contribution in [3.63, 3.8) is 0 Å². The monoisotopic (exact) mass is 169 g/mol. The first-order valence-electron chi connectivity index (χ1n) is 5.13. The van der Waals surface area contributed by atoms with Crippen LogP contribution in [0.25, 0.3) is 0 Å². The third-order valence-corrected chi connectivity index (χ3v) is 3.39. The van der Waals surface area contributed by atoms with Crippen molar-refractivity contribution < 1.29 is 5.11 Å². The number of aliphatic hydroxyl groups is 1. The van der Waals surface area contributed by atoms with Crippen LogP contribution in [0.15, 0.2) is 0 Å². The molecular weight excluding hydrogens is 150 g/mol. The lowest BCUT2D eigenvalue weighted by Gasteiger charge is -2.22. The van der Waals surface area contributed by atoms with Crippen LogP contribution in [0.3, 0.4) is 0 Å². The molecule has 2 aliphatic rings. The number of likely N-dealkylation sites (tertiary alicyclic amines) is 1. The average Bonchev–Trinajstić information content (AvgIpc) is 2.80. The van der Waals surface area contributed by atoms with Crippen LogP contribution in [0.4, 0.5) is 0 Å². The molecule has 2 atom stereocenters. The fourth-order valence-corrected chi connectivity index (χ4v) is 2.38. The molecule has 1 aliphatic heterocycles. The predicted molar refractivity (Wildman–Crippen MR) is 49.0 cm³/mol. The second kappa shape index (κ2) is 2.71. The van der Waals surface area contributed by atoms with Crippen molar-refractivity contribution in [2.24, 2.45) is 0 Å². The van der Waals surface area contributed by atoms with Crippen molar-refractivity contribution in [1.82, 2.24) is 4.90 Å². The van der Waals surface area contributed by atoms with Crippen LogP contribution in [-0.2, 0) is 0 Å². The SMILES string of the molecule is CCC1(O)CC(C)N(C2CC2)C1. The molecule has 70 valence electrons. The maximum absolute atomic E-state index is 10.1. The minimum Gasteiger partial charge on any atom is -0.389 e. The lowest BCUT2D eigenvalue weighted by molar-refractivity contribution is 0.0445. The maximum atomic E-state index is 10.1. The zero-order valence-electron chi connectivity index (χ0n) is 8.08. The summed E-state index contributed by atoms with van der Waals surface area (Å²) in [6.07, 6.45) is 4.58. The second-order valence-electron chi connectivity index (χ2n) is 4.53. The van der Waals surface area contributed by atoms with E-state index in [1.165, 1.54) is 12.8 Å². The number of rotatable bonds is 2. The molecule has 1 saturated heterocycles. The minimum absolute atomic E-state index is 0.373. The van der Waals surface area contributed by atoms with Crippen molar-refractivity contribution in [3.05, 3.63) is 0 Å². The largest absolute Gasteiger partial charge is 0.389 e. The Morgan fingerprint density at radius 2 is 2.17 bits per heavy atom. The van der Waals surface area contributed by atoms with Gasteiger partial charge in [-0.1, -0.05) is 6.92 Å². The molecule has 0 aromatic rings. The van der Waals surface area contributed by atoms with Gasteiger partial charge >= 0.3 is 0 Å². The smallest absolute Gasteiger partial charge is 0.0786 e. The minimum atomic E-state index is -0.373. The van der Waals surface area contributed by atoms with Crippen LogP contribution in [0.2, 0.25) is 0 Å². The van der Waals surface area contributed by atoms with E-state index in [9.17, 15) is 5.11 Å². The highest BCUT2D eigenvalue weighted by Gasteiger charge is 2.44. The molecule has 2 rings (SSSR count). The maximum Gasteiger partial charge on any atom is 0.0786 e. The first-order valence-corrected chi connectivity index (χ1v) is 5.13. The fourth-order valence-electron chi connectivity index (χ4n) is 2.38. The van der Waals surface area contributed by atoms with Gasteiger partial charge in [0.15, 0.2) is 0 Å². The number of nitrogens with zero attached hydrogens (tertiary/aromatic N) is 1. The van der Waals surface area contributed by atoms with E-state index in [1.54, 1.807) is 0 Å². The summed E-state index contributed by atoms with van der Waals surface area (Å²) in [5.41, 5.74) is -0.373. The van der Waals surface area contributed by atoms with Gasteiger partial charge in [-0.2, -0.15) is 0 Å². The van der Waals surface area contributed by atoms with Gasteiger partial charge in [0.1, 0.15) is 0 Å². The fraction of sp³-hybridized carbons (Fsp3) is 1.00. The molecule has 0 bridgehead atoms. The van der Waals surface area contributed by atoms with Crippen molar-refractivity contribution in [1.29, 1.82) is 0 Å². The quantitative estimate of drug-likeness (QED) is 0.675. The zero-order chi connectivity index (χ0) is 8.77. The van der Waals surface area contributed by atoms with Crippen LogP contribution in [0.1, 0.15) is 39.5 Å². The van der Waals surface area contributed by atoms with Crippen molar-refractivity contribution >= 4 is 0 Å². The molecule has 0 radical (unpaired) electrons. The summed E-state index contributed by atoms with van der Waals surface area (Å²) in [4.78, 5) is 2.49. The normalized spacial score (nSPS) is 43.8. The molecule has 1 saturated carbocycles. The summed E-state index contributed by atoms with van der Waals surface area (Å²) in [5, 5.41) is 10.1. The molecule has 1 aliphatic carbocycles. The Morgan fingerprint density at radius 1 is 1.50 bits per heavy atom. The molecule has 2 heteroatoms. The Hall–Kier alpha value is -0.0800. The van der Waals surface area contributed by atoms with Crippen LogP contribution in [-0.4, -0.2) is 34.2 Å². The molecule has 1 heterocycles.